The Labute approximate surface area is 209 Å². The molecule has 5 rings (SSSR count). The van der Waals surface area contributed by atoms with Gasteiger partial charge in [0.05, 0.1) is 13.2 Å². The summed E-state index contributed by atoms with van der Waals surface area (Å²) in [4.78, 5) is 26.2. The maximum Gasteiger partial charge on any atom is 0.321 e. The van der Waals surface area contributed by atoms with E-state index < -0.39 is 0 Å². The van der Waals surface area contributed by atoms with Crippen LogP contribution in [0.4, 0.5) is 14.9 Å². The van der Waals surface area contributed by atoms with E-state index in [0.717, 1.165) is 28.4 Å². The monoisotopic (exact) mass is 488 g/mol. The number of carbonyl (C=O) groups excluding carboxylic acids is 1. The number of anilines is 1. The van der Waals surface area contributed by atoms with Crippen molar-refractivity contribution in [2.24, 2.45) is 0 Å². The average molecular weight is 489 g/mol. The van der Waals surface area contributed by atoms with Crippen LogP contribution in [0.3, 0.4) is 0 Å². The lowest BCUT2D eigenvalue weighted by Crippen LogP contribution is -2.49. The van der Waals surface area contributed by atoms with Gasteiger partial charge in [-0.25, -0.2) is 19.2 Å². The number of hydrogen-bond donors (Lipinski definition) is 1. The van der Waals surface area contributed by atoms with Gasteiger partial charge in [-0.1, -0.05) is 6.07 Å². The Bertz CT molecular complexity index is 1360. The molecule has 0 bridgehead atoms. The number of nitrogens with zero attached hydrogens (tertiary/aromatic N) is 5. The van der Waals surface area contributed by atoms with E-state index in [1.165, 1.54) is 6.07 Å². The van der Waals surface area contributed by atoms with E-state index in [2.05, 4.69) is 19.8 Å². The van der Waals surface area contributed by atoms with E-state index in [1.807, 2.05) is 43.3 Å². The lowest BCUT2D eigenvalue weighted by molar-refractivity contribution is 0.140. The van der Waals surface area contributed by atoms with Crippen LogP contribution in [0, 0.1) is 12.7 Å². The Morgan fingerprint density at radius 2 is 1.86 bits per heavy atom. The third kappa shape index (κ3) is 5.01. The summed E-state index contributed by atoms with van der Waals surface area (Å²) in [7, 11) is 0. The van der Waals surface area contributed by atoms with Crippen molar-refractivity contribution in [3.8, 4) is 11.4 Å². The van der Waals surface area contributed by atoms with E-state index in [1.54, 1.807) is 30.2 Å². The van der Waals surface area contributed by atoms with Gasteiger partial charge in [-0.3, -0.25) is 9.47 Å². The van der Waals surface area contributed by atoms with Crippen LogP contribution in [-0.2, 0) is 6.54 Å². The second-order valence-electron chi connectivity index (χ2n) is 8.79. The summed E-state index contributed by atoms with van der Waals surface area (Å²) >= 11 is 0. The number of piperazine rings is 1. The summed E-state index contributed by atoms with van der Waals surface area (Å²) in [6, 6.07) is 16.3. The second kappa shape index (κ2) is 10.3. The van der Waals surface area contributed by atoms with Gasteiger partial charge in [-0.15, -0.1) is 0 Å². The molecule has 0 spiro atoms. The summed E-state index contributed by atoms with van der Waals surface area (Å²) in [5, 5.41) is 2.80. The number of rotatable bonds is 6. The highest BCUT2D eigenvalue weighted by molar-refractivity contribution is 5.89. The summed E-state index contributed by atoms with van der Waals surface area (Å²) in [6.45, 7) is 7.45. The smallest absolute Gasteiger partial charge is 0.321 e. The number of aryl methyl sites for hydroxylation is 1. The van der Waals surface area contributed by atoms with Crippen LogP contribution < -0.4 is 10.1 Å². The number of imidazole rings is 1. The molecule has 0 unspecified atom stereocenters. The number of ether oxygens (including phenoxy) is 1. The van der Waals surface area contributed by atoms with Crippen molar-refractivity contribution in [3.05, 3.63) is 78.0 Å². The Morgan fingerprint density at radius 3 is 2.58 bits per heavy atom. The average Bonchev–Trinajstić information content (AvgIpc) is 3.25. The van der Waals surface area contributed by atoms with Crippen LogP contribution in [0.2, 0.25) is 0 Å². The molecule has 0 aliphatic carbocycles. The topological polar surface area (TPSA) is 75.5 Å². The van der Waals surface area contributed by atoms with E-state index >= 15 is 0 Å². The molecule has 2 aromatic heterocycles. The molecule has 1 aliphatic rings. The zero-order valence-electron chi connectivity index (χ0n) is 20.4. The molecule has 1 N–H and O–H groups in total. The number of nitrogens with one attached hydrogen (secondary N) is 1. The molecule has 0 saturated carbocycles. The molecule has 36 heavy (non-hydrogen) atoms. The molecule has 1 fully saturated rings. The van der Waals surface area contributed by atoms with Crippen LogP contribution in [-0.4, -0.2) is 63.2 Å². The van der Waals surface area contributed by atoms with Crippen molar-refractivity contribution < 1.29 is 13.9 Å². The van der Waals surface area contributed by atoms with Gasteiger partial charge in [0.1, 0.15) is 22.9 Å². The predicted octanol–water partition coefficient (Wildman–Crippen LogP) is 4.62. The van der Waals surface area contributed by atoms with Crippen molar-refractivity contribution in [2.45, 2.75) is 20.4 Å². The number of hydrogen-bond acceptors (Lipinski definition) is 5. The van der Waals surface area contributed by atoms with Crippen LogP contribution >= 0.6 is 0 Å². The standard InChI is InChI=1S/C27H29FN6O2/c1-3-36-22-10-8-21(9-11-22)34-25(31-24-5-4-12-29-26(24)34)18-32-13-15-33(16-14-32)27(35)30-20-7-6-19(2)23(28)17-20/h4-12,17H,3,13-16,18H2,1-2H3,(H,30,35). The summed E-state index contributed by atoms with van der Waals surface area (Å²) < 4.78 is 21.5. The number of benzene rings is 2. The van der Waals surface area contributed by atoms with Gasteiger partial charge in [-0.2, -0.15) is 0 Å². The van der Waals surface area contributed by atoms with Crippen LogP contribution in [0.25, 0.3) is 16.9 Å². The van der Waals surface area contributed by atoms with Gasteiger partial charge in [0.2, 0.25) is 0 Å². The fraction of sp³-hybridized carbons (Fsp3) is 0.296. The molecular formula is C27H29FN6O2. The molecule has 186 valence electrons. The Morgan fingerprint density at radius 1 is 1.08 bits per heavy atom. The first-order valence-electron chi connectivity index (χ1n) is 12.1. The first-order chi connectivity index (χ1) is 17.5. The van der Waals surface area contributed by atoms with Crippen molar-refractivity contribution in [2.75, 3.05) is 38.1 Å². The minimum absolute atomic E-state index is 0.219. The molecule has 1 saturated heterocycles. The molecule has 1 aliphatic heterocycles. The van der Waals surface area contributed by atoms with Gasteiger partial charge in [0, 0.05) is 43.8 Å². The van der Waals surface area contributed by atoms with E-state index in [0.29, 0.717) is 50.6 Å². The highest BCUT2D eigenvalue weighted by Crippen LogP contribution is 2.23. The second-order valence-corrected chi connectivity index (χ2v) is 8.79. The van der Waals surface area contributed by atoms with Crippen LogP contribution in [0.5, 0.6) is 5.75 Å². The summed E-state index contributed by atoms with van der Waals surface area (Å²) in [5.41, 5.74) is 3.62. The lowest BCUT2D eigenvalue weighted by atomic mass is 10.2. The highest BCUT2D eigenvalue weighted by Gasteiger charge is 2.24. The highest BCUT2D eigenvalue weighted by atomic mass is 19.1. The zero-order chi connectivity index (χ0) is 25.1. The number of pyridine rings is 1. The van der Waals surface area contributed by atoms with Crippen LogP contribution in [0.15, 0.2) is 60.8 Å². The lowest BCUT2D eigenvalue weighted by Gasteiger charge is -2.34. The van der Waals surface area contributed by atoms with Crippen molar-refractivity contribution in [1.29, 1.82) is 0 Å². The maximum absolute atomic E-state index is 13.8. The third-order valence-corrected chi connectivity index (χ3v) is 6.34. The number of halogens is 1. The van der Waals surface area contributed by atoms with Crippen LogP contribution in [0.1, 0.15) is 18.3 Å². The number of fused-ring (bicyclic) bond motifs is 1. The number of carbonyl (C=O) groups is 1. The SMILES string of the molecule is CCOc1ccc(-n2c(CN3CCN(C(=O)Nc4ccc(C)c(F)c4)CC3)nc3cccnc32)cc1. The van der Waals surface area contributed by atoms with Crippen molar-refractivity contribution >= 4 is 22.9 Å². The normalized spacial score (nSPS) is 14.2. The Hall–Kier alpha value is -3.98. The molecular weight excluding hydrogens is 459 g/mol. The van der Waals surface area contributed by atoms with Crippen molar-refractivity contribution in [3.63, 3.8) is 0 Å². The molecule has 0 radical (unpaired) electrons. The van der Waals surface area contributed by atoms with Gasteiger partial charge in [0.25, 0.3) is 0 Å². The van der Waals surface area contributed by atoms with Gasteiger partial charge >= 0.3 is 6.03 Å². The van der Waals surface area contributed by atoms with E-state index in [9.17, 15) is 9.18 Å². The fourth-order valence-corrected chi connectivity index (χ4v) is 4.38. The molecule has 9 heteroatoms. The Balaban J connectivity index is 1.28. The molecule has 2 aromatic carbocycles. The van der Waals surface area contributed by atoms with E-state index in [-0.39, 0.29) is 11.8 Å². The molecule has 2 amide bonds. The van der Waals surface area contributed by atoms with Gasteiger partial charge < -0.3 is 15.0 Å². The maximum atomic E-state index is 13.8. The molecule has 8 nitrogen and oxygen atoms in total. The van der Waals surface area contributed by atoms with Gasteiger partial charge in [-0.05, 0) is 67.9 Å². The fourth-order valence-electron chi connectivity index (χ4n) is 4.38. The van der Waals surface area contributed by atoms with Crippen molar-refractivity contribution in [1.82, 2.24) is 24.3 Å². The first kappa shape index (κ1) is 23.7. The zero-order valence-corrected chi connectivity index (χ0v) is 20.4. The molecule has 3 heterocycles. The molecule has 0 atom stereocenters. The molecule has 4 aromatic rings. The first-order valence-corrected chi connectivity index (χ1v) is 12.1. The largest absolute Gasteiger partial charge is 0.494 e. The Kier molecular flexibility index (Phi) is 6.81. The summed E-state index contributed by atoms with van der Waals surface area (Å²) in [6.07, 6.45) is 1.77. The summed E-state index contributed by atoms with van der Waals surface area (Å²) in [5.74, 6) is 1.38. The number of amides is 2. The number of aromatic nitrogens is 3. The minimum Gasteiger partial charge on any atom is -0.494 e. The van der Waals surface area contributed by atoms with Gasteiger partial charge in [0.15, 0.2) is 5.65 Å². The quantitative estimate of drug-likeness (QED) is 0.429. The minimum atomic E-state index is -0.331. The number of urea groups is 1. The van der Waals surface area contributed by atoms with E-state index in [4.69, 9.17) is 9.72 Å². The predicted molar refractivity (Wildman–Crippen MR) is 137 cm³/mol. The third-order valence-electron chi connectivity index (χ3n) is 6.34.